The molecule has 0 aliphatic carbocycles. The zero-order valence-electron chi connectivity index (χ0n) is 12.1. The van der Waals surface area contributed by atoms with E-state index in [1.54, 1.807) is 0 Å². The van der Waals surface area contributed by atoms with Gasteiger partial charge in [0.2, 0.25) is 0 Å². The second-order valence-corrected chi connectivity index (χ2v) is 5.73. The Bertz CT molecular complexity index is 838. The number of nitro groups is 2. The Hall–Kier alpha value is -3.47. The van der Waals surface area contributed by atoms with Crippen LogP contribution in [0.3, 0.4) is 0 Å². The monoisotopic (exact) mass is 364 g/mol. The molecule has 0 aliphatic heterocycles. The minimum absolute atomic E-state index is 0.272. The minimum Gasteiger partial charge on any atom is -0.477 e. The van der Waals surface area contributed by atoms with E-state index >= 15 is 0 Å². The molecule has 0 unspecified atom stereocenters. The summed E-state index contributed by atoms with van der Waals surface area (Å²) in [6.07, 6.45) is 0. The van der Waals surface area contributed by atoms with Crippen LogP contribution in [0.5, 0.6) is 0 Å². The molecule has 25 heavy (non-hydrogen) atoms. The Kier molecular flexibility index (Phi) is 4.98. The number of nitrogens with zero attached hydrogens (tertiary/aromatic N) is 2. The van der Waals surface area contributed by atoms with Gasteiger partial charge in [-0.25, -0.2) is 9.59 Å². The molecule has 0 saturated heterocycles. The molecule has 0 spiro atoms. The Morgan fingerprint density at radius 1 is 0.800 bits per heavy atom. The van der Waals surface area contributed by atoms with Gasteiger partial charge in [-0.05, 0) is 24.3 Å². The zero-order chi connectivity index (χ0) is 18.7. The molecule has 2 N–H and O–H groups in total. The average molecular weight is 364 g/mol. The first-order valence-corrected chi connectivity index (χ1v) is 7.23. The third kappa shape index (κ3) is 3.90. The molecule has 0 radical (unpaired) electrons. The molecule has 0 aromatic heterocycles. The predicted octanol–water partition coefficient (Wildman–Crippen LogP) is 3.05. The number of carboxylic acid groups (broad SMARTS) is 2. The smallest absolute Gasteiger partial charge is 0.342 e. The van der Waals surface area contributed by atoms with Gasteiger partial charge in [-0.3, -0.25) is 20.2 Å². The van der Waals surface area contributed by atoms with E-state index in [1.165, 1.54) is 12.1 Å². The molecule has 0 aliphatic rings. The molecule has 0 heterocycles. The Morgan fingerprint density at radius 3 is 1.44 bits per heavy atom. The summed E-state index contributed by atoms with van der Waals surface area (Å²) in [5.41, 5.74) is -2.20. The molecular weight excluding hydrogens is 356 g/mol. The fourth-order valence-corrected chi connectivity index (χ4v) is 2.84. The van der Waals surface area contributed by atoms with Crippen molar-refractivity contribution < 1.29 is 29.6 Å². The highest BCUT2D eigenvalue weighted by atomic mass is 32.2. The van der Waals surface area contributed by atoms with Gasteiger partial charge in [0.25, 0.3) is 11.4 Å². The lowest BCUT2D eigenvalue weighted by atomic mass is 10.2. The number of nitro benzene ring substituents is 2. The predicted molar refractivity (Wildman–Crippen MR) is 84.2 cm³/mol. The standard InChI is InChI=1S/C14H8N2O8S/c17-13(18)9-3-1-7(5-11(9)15(21)22)25-8-2-4-10(14(19)20)12(6-8)16(23)24/h1-6H,(H,17,18)(H,19,20). The van der Waals surface area contributed by atoms with Crippen molar-refractivity contribution in [2.45, 2.75) is 9.79 Å². The van der Waals surface area contributed by atoms with Gasteiger partial charge < -0.3 is 10.2 Å². The maximum absolute atomic E-state index is 11.0. The van der Waals surface area contributed by atoms with Crippen LogP contribution in [-0.4, -0.2) is 32.0 Å². The highest BCUT2D eigenvalue weighted by Crippen LogP contribution is 2.34. The highest BCUT2D eigenvalue weighted by molar-refractivity contribution is 7.99. The normalized spacial score (nSPS) is 10.2. The highest BCUT2D eigenvalue weighted by Gasteiger charge is 2.22. The molecule has 0 fully saturated rings. The van der Waals surface area contributed by atoms with E-state index in [9.17, 15) is 29.8 Å². The van der Waals surface area contributed by atoms with Gasteiger partial charge in [-0.2, -0.15) is 0 Å². The fourth-order valence-electron chi connectivity index (χ4n) is 1.95. The average Bonchev–Trinajstić information content (AvgIpc) is 2.54. The van der Waals surface area contributed by atoms with Crippen LogP contribution in [0, 0.1) is 20.2 Å². The molecule has 0 amide bonds. The largest absolute Gasteiger partial charge is 0.477 e. The van der Waals surface area contributed by atoms with Gasteiger partial charge in [0, 0.05) is 21.9 Å². The summed E-state index contributed by atoms with van der Waals surface area (Å²) < 4.78 is 0. The van der Waals surface area contributed by atoms with Gasteiger partial charge >= 0.3 is 11.9 Å². The maximum atomic E-state index is 11.0. The molecule has 0 bridgehead atoms. The van der Waals surface area contributed by atoms with Gasteiger partial charge in [0.05, 0.1) is 9.85 Å². The number of hydrogen-bond acceptors (Lipinski definition) is 7. The summed E-state index contributed by atoms with van der Waals surface area (Å²) >= 11 is 0.897. The van der Waals surface area contributed by atoms with Crippen molar-refractivity contribution in [3.05, 3.63) is 67.8 Å². The van der Waals surface area contributed by atoms with Crippen molar-refractivity contribution in [3.63, 3.8) is 0 Å². The van der Waals surface area contributed by atoms with Gasteiger partial charge in [-0.15, -0.1) is 0 Å². The lowest BCUT2D eigenvalue weighted by Gasteiger charge is -2.05. The lowest BCUT2D eigenvalue weighted by molar-refractivity contribution is -0.385. The third-order valence-electron chi connectivity index (χ3n) is 3.03. The molecular formula is C14H8N2O8S. The molecule has 2 aromatic carbocycles. The number of carboxylic acids is 2. The van der Waals surface area contributed by atoms with E-state index in [-0.39, 0.29) is 9.79 Å². The second-order valence-electron chi connectivity index (χ2n) is 4.58. The van der Waals surface area contributed by atoms with Crippen LogP contribution in [0.25, 0.3) is 0 Å². The van der Waals surface area contributed by atoms with Crippen molar-refractivity contribution in [3.8, 4) is 0 Å². The van der Waals surface area contributed by atoms with E-state index in [4.69, 9.17) is 10.2 Å². The van der Waals surface area contributed by atoms with Crippen LogP contribution in [0.2, 0.25) is 0 Å². The van der Waals surface area contributed by atoms with Crippen LogP contribution in [0.15, 0.2) is 46.2 Å². The lowest BCUT2D eigenvalue weighted by Crippen LogP contribution is -2.03. The van der Waals surface area contributed by atoms with E-state index < -0.39 is 44.3 Å². The zero-order valence-corrected chi connectivity index (χ0v) is 12.9. The summed E-state index contributed by atoms with van der Waals surface area (Å²) in [6.45, 7) is 0. The maximum Gasteiger partial charge on any atom is 0.342 e. The topological polar surface area (TPSA) is 161 Å². The second kappa shape index (κ2) is 6.97. The summed E-state index contributed by atoms with van der Waals surface area (Å²) in [5, 5.41) is 39.8. The molecule has 11 heteroatoms. The number of rotatable bonds is 6. The fraction of sp³-hybridized carbons (Fsp3) is 0. The minimum atomic E-state index is -1.45. The van der Waals surface area contributed by atoms with Crippen molar-refractivity contribution in [2.24, 2.45) is 0 Å². The number of aromatic carboxylic acids is 2. The van der Waals surface area contributed by atoms with E-state index in [1.807, 2.05) is 0 Å². The SMILES string of the molecule is O=C(O)c1ccc(Sc2ccc(C(=O)O)c([N+](=O)[O-])c2)cc1[N+](=O)[O-]. The third-order valence-corrected chi connectivity index (χ3v) is 4.01. The Morgan fingerprint density at radius 2 is 1.16 bits per heavy atom. The Labute approximate surface area is 143 Å². The van der Waals surface area contributed by atoms with Crippen LogP contribution in [0.1, 0.15) is 20.7 Å². The summed E-state index contributed by atoms with van der Waals surface area (Å²) in [5.74, 6) is -2.91. The first kappa shape index (κ1) is 17.9. The van der Waals surface area contributed by atoms with Crippen molar-refractivity contribution in [2.75, 3.05) is 0 Å². The first-order valence-electron chi connectivity index (χ1n) is 6.42. The van der Waals surface area contributed by atoms with Crippen LogP contribution in [-0.2, 0) is 0 Å². The molecule has 128 valence electrons. The number of carbonyl (C=O) groups is 2. The summed E-state index contributed by atoms with van der Waals surface area (Å²) in [6, 6.07) is 6.82. The quantitative estimate of drug-likeness (QED) is 0.579. The molecule has 10 nitrogen and oxygen atoms in total. The van der Waals surface area contributed by atoms with Gasteiger partial charge in [0.1, 0.15) is 11.1 Å². The van der Waals surface area contributed by atoms with Crippen LogP contribution in [0.4, 0.5) is 11.4 Å². The number of hydrogen-bond donors (Lipinski definition) is 2. The summed E-state index contributed by atoms with van der Waals surface area (Å²) in [7, 11) is 0. The van der Waals surface area contributed by atoms with Crippen LogP contribution < -0.4 is 0 Å². The molecule has 0 atom stereocenters. The van der Waals surface area contributed by atoms with Crippen molar-refractivity contribution in [1.82, 2.24) is 0 Å². The summed E-state index contributed by atoms with van der Waals surface area (Å²) in [4.78, 5) is 42.8. The van der Waals surface area contributed by atoms with E-state index in [0.717, 1.165) is 36.0 Å². The van der Waals surface area contributed by atoms with E-state index in [0.29, 0.717) is 0 Å². The van der Waals surface area contributed by atoms with Crippen molar-refractivity contribution in [1.29, 1.82) is 0 Å². The van der Waals surface area contributed by atoms with Crippen molar-refractivity contribution >= 4 is 35.1 Å². The van der Waals surface area contributed by atoms with Gasteiger partial charge in [0.15, 0.2) is 0 Å². The molecule has 2 aromatic rings. The van der Waals surface area contributed by atoms with Crippen LogP contribution >= 0.6 is 11.8 Å². The number of benzene rings is 2. The Balaban J connectivity index is 2.43. The molecule has 0 saturated carbocycles. The van der Waals surface area contributed by atoms with Gasteiger partial charge in [-0.1, -0.05) is 11.8 Å². The van der Waals surface area contributed by atoms with E-state index in [2.05, 4.69) is 0 Å². The first-order chi connectivity index (χ1) is 11.7. The molecule has 2 rings (SSSR count).